The molecule has 1 amide bonds. The number of nitrogens with zero attached hydrogens (tertiary/aromatic N) is 1. The number of hydrogen-bond acceptors (Lipinski definition) is 5. The summed E-state index contributed by atoms with van der Waals surface area (Å²) < 4.78 is 9.76. The first kappa shape index (κ1) is 17.9. The Morgan fingerprint density at radius 2 is 2.00 bits per heavy atom. The maximum Gasteiger partial charge on any atom is 0.325 e. The van der Waals surface area contributed by atoms with E-state index in [0.29, 0.717) is 32.2 Å². The van der Waals surface area contributed by atoms with Crippen LogP contribution < -0.4 is 5.32 Å². The first-order chi connectivity index (χ1) is 9.01. The highest BCUT2D eigenvalue weighted by Crippen LogP contribution is 2.00. The highest BCUT2D eigenvalue weighted by molar-refractivity contribution is 5.83. The molecule has 19 heavy (non-hydrogen) atoms. The third-order valence-corrected chi connectivity index (χ3v) is 2.32. The van der Waals surface area contributed by atoms with Gasteiger partial charge < -0.3 is 19.7 Å². The van der Waals surface area contributed by atoms with Gasteiger partial charge in [0.1, 0.15) is 6.54 Å². The van der Waals surface area contributed by atoms with Gasteiger partial charge in [-0.1, -0.05) is 13.8 Å². The maximum absolute atomic E-state index is 12.0. The number of nitrogens with one attached hydrogen (secondary N) is 1. The zero-order valence-corrected chi connectivity index (χ0v) is 12.4. The fourth-order valence-electron chi connectivity index (χ4n) is 1.54. The number of rotatable bonds is 10. The van der Waals surface area contributed by atoms with E-state index < -0.39 is 0 Å². The molecular formula is C13H26N2O4. The molecule has 0 saturated carbocycles. The minimum absolute atomic E-state index is 0.0107. The van der Waals surface area contributed by atoms with Crippen molar-refractivity contribution in [3.05, 3.63) is 0 Å². The highest BCUT2D eigenvalue weighted by Gasteiger charge is 2.18. The molecule has 1 N–H and O–H groups in total. The van der Waals surface area contributed by atoms with E-state index in [-0.39, 0.29) is 25.0 Å². The fourth-order valence-corrected chi connectivity index (χ4v) is 1.54. The van der Waals surface area contributed by atoms with E-state index in [9.17, 15) is 9.59 Å². The zero-order valence-electron chi connectivity index (χ0n) is 12.4. The maximum atomic E-state index is 12.0. The molecule has 0 radical (unpaired) electrons. The van der Waals surface area contributed by atoms with Crippen molar-refractivity contribution in [1.29, 1.82) is 0 Å². The minimum atomic E-state index is -0.367. The van der Waals surface area contributed by atoms with Crippen molar-refractivity contribution in [2.75, 3.05) is 46.5 Å². The van der Waals surface area contributed by atoms with Crippen molar-refractivity contribution >= 4 is 11.9 Å². The molecule has 0 aliphatic rings. The Balaban J connectivity index is 4.23. The molecule has 0 saturated heterocycles. The molecule has 6 heteroatoms. The Bertz CT molecular complexity index is 269. The van der Waals surface area contributed by atoms with Crippen molar-refractivity contribution < 1.29 is 19.1 Å². The molecule has 0 spiro atoms. The quantitative estimate of drug-likeness (QED) is 0.457. The molecule has 0 heterocycles. The summed E-state index contributed by atoms with van der Waals surface area (Å²) in [6, 6.07) is 0. The molecule has 112 valence electrons. The van der Waals surface area contributed by atoms with E-state index >= 15 is 0 Å². The summed E-state index contributed by atoms with van der Waals surface area (Å²) in [7, 11) is 1.61. The van der Waals surface area contributed by atoms with Crippen molar-refractivity contribution in [2.24, 2.45) is 5.92 Å². The van der Waals surface area contributed by atoms with Crippen molar-refractivity contribution in [1.82, 2.24) is 10.2 Å². The van der Waals surface area contributed by atoms with Gasteiger partial charge in [0, 0.05) is 20.2 Å². The van der Waals surface area contributed by atoms with Gasteiger partial charge in [0.15, 0.2) is 0 Å². The predicted molar refractivity (Wildman–Crippen MR) is 72.8 cm³/mol. The molecule has 0 aromatic carbocycles. The Kier molecular flexibility index (Phi) is 10.1. The van der Waals surface area contributed by atoms with Crippen LogP contribution in [0.15, 0.2) is 0 Å². The zero-order chi connectivity index (χ0) is 14.7. The van der Waals surface area contributed by atoms with Crippen LogP contribution >= 0.6 is 0 Å². The molecule has 0 bridgehead atoms. The van der Waals surface area contributed by atoms with E-state index in [4.69, 9.17) is 9.47 Å². The number of hydrogen-bond donors (Lipinski definition) is 1. The van der Waals surface area contributed by atoms with Gasteiger partial charge >= 0.3 is 5.97 Å². The first-order valence-electron chi connectivity index (χ1n) is 6.64. The van der Waals surface area contributed by atoms with Crippen LogP contribution in [0.1, 0.15) is 20.8 Å². The Morgan fingerprint density at radius 1 is 1.32 bits per heavy atom. The molecular weight excluding hydrogens is 248 g/mol. The Hall–Kier alpha value is -1.14. The van der Waals surface area contributed by atoms with Gasteiger partial charge in [-0.15, -0.1) is 0 Å². The SMILES string of the molecule is CCOC(=O)CN(CC(C)C)C(=O)CNCCOC. The smallest absolute Gasteiger partial charge is 0.325 e. The second-order valence-electron chi connectivity index (χ2n) is 4.64. The lowest BCUT2D eigenvalue weighted by Crippen LogP contribution is -2.43. The first-order valence-corrected chi connectivity index (χ1v) is 6.64. The Labute approximate surface area is 115 Å². The Morgan fingerprint density at radius 3 is 2.53 bits per heavy atom. The average Bonchev–Trinajstić information content (AvgIpc) is 2.33. The number of methoxy groups -OCH3 is 1. The summed E-state index contributed by atoms with van der Waals surface area (Å²) in [5.41, 5.74) is 0. The van der Waals surface area contributed by atoms with Crippen LogP contribution in [0.25, 0.3) is 0 Å². The molecule has 0 fully saturated rings. The molecule has 0 aliphatic heterocycles. The van der Waals surface area contributed by atoms with Gasteiger partial charge in [0.05, 0.1) is 19.8 Å². The summed E-state index contributed by atoms with van der Waals surface area (Å²) in [6.45, 7) is 8.00. The number of esters is 1. The summed E-state index contributed by atoms with van der Waals surface area (Å²) >= 11 is 0. The number of carbonyl (C=O) groups excluding carboxylic acids is 2. The highest BCUT2D eigenvalue weighted by atomic mass is 16.5. The fraction of sp³-hybridized carbons (Fsp3) is 0.846. The van der Waals surface area contributed by atoms with Gasteiger partial charge in [0.2, 0.25) is 5.91 Å². The molecule has 6 nitrogen and oxygen atoms in total. The van der Waals surface area contributed by atoms with Gasteiger partial charge in [-0.3, -0.25) is 9.59 Å². The standard InChI is InChI=1S/C13H26N2O4/c1-5-19-13(17)10-15(9-11(2)3)12(16)8-14-6-7-18-4/h11,14H,5-10H2,1-4H3. The number of carbonyl (C=O) groups is 2. The molecule has 0 rings (SSSR count). The van der Waals surface area contributed by atoms with Crippen LogP contribution in [0.4, 0.5) is 0 Å². The minimum Gasteiger partial charge on any atom is -0.465 e. The van der Waals surface area contributed by atoms with E-state index in [1.807, 2.05) is 13.8 Å². The molecule has 0 aromatic rings. The van der Waals surface area contributed by atoms with Gasteiger partial charge in [-0.25, -0.2) is 0 Å². The topological polar surface area (TPSA) is 67.9 Å². The second-order valence-corrected chi connectivity index (χ2v) is 4.64. The van der Waals surface area contributed by atoms with Crippen LogP contribution in [0.2, 0.25) is 0 Å². The van der Waals surface area contributed by atoms with Gasteiger partial charge in [-0.05, 0) is 12.8 Å². The molecule has 0 aliphatic carbocycles. The van der Waals surface area contributed by atoms with Crippen LogP contribution in [0, 0.1) is 5.92 Å². The summed E-state index contributed by atoms with van der Waals surface area (Å²) in [6.07, 6.45) is 0. The van der Waals surface area contributed by atoms with Gasteiger partial charge in [0.25, 0.3) is 0 Å². The summed E-state index contributed by atoms with van der Waals surface area (Å²) in [4.78, 5) is 25.0. The third kappa shape index (κ3) is 9.44. The largest absolute Gasteiger partial charge is 0.465 e. The van der Waals surface area contributed by atoms with Crippen LogP contribution in [-0.4, -0.2) is 63.3 Å². The van der Waals surface area contributed by atoms with E-state index in [1.54, 1.807) is 14.0 Å². The number of ether oxygens (including phenoxy) is 2. The van der Waals surface area contributed by atoms with E-state index in [0.717, 1.165) is 0 Å². The molecule has 0 unspecified atom stereocenters. The van der Waals surface area contributed by atoms with Crippen molar-refractivity contribution in [3.8, 4) is 0 Å². The lowest BCUT2D eigenvalue weighted by Gasteiger charge is -2.23. The van der Waals surface area contributed by atoms with Crippen molar-refractivity contribution in [2.45, 2.75) is 20.8 Å². The average molecular weight is 274 g/mol. The molecule has 0 aromatic heterocycles. The van der Waals surface area contributed by atoms with Crippen LogP contribution in [-0.2, 0) is 19.1 Å². The van der Waals surface area contributed by atoms with E-state index in [1.165, 1.54) is 4.90 Å². The number of amides is 1. The van der Waals surface area contributed by atoms with Gasteiger partial charge in [-0.2, -0.15) is 0 Å². The summed E-state index contributed by atoms with van der Waals surface area (Å²) in [5.74, 6) is -0.163. The lowest BCUT2D eigenvalue weighted by atomic mass is 10.2. The monoisotopic (exact) mass is 274 g/mol. The predicted octanol–water partition coefficient (Wildman–Crippen LogP) is 0.270. The third-order valence-electron chi connectivity index (χ3n) is 2.32. The summed E-state index contributed by atoms with van der Waals surface area (Å²) in [5, 5.41) is 2.98. The van der Waals surface area contributed by atoms with Crippen LogP contribution in [0.5, 0.6) is 0 Å². The lowest BCUT2D eigenvalue weighted by molar-refractivity contribution is -0.149. The van der Waals surface area contributed by atoms with Crippen LogP contribution in [0.3, 0.4) is 0 Å². The van der Waals surface area contributed by atoms with Crippen molar-refractivity contribution in [3.63, 3.8) is 0 Å². The second kappa shape index (κ2) is 10.8. The molecule has 0 atom stereocenters. The van der Waals surface area contributed by atoms with E-state index in [2.05, 4.69) is 5.32 Å². The normalized spacial score (nSPS) is 10.6.